The molecular weight excluding hydrogens is 805 g/mol. The van der Waals surface area contributed by atoms with Gasteiger partial charge >= 0.3 is 0 Å². The summed E-state index contributed by atoms with van der Waals surface area (Å²) in [4.78, 5) is 26.6. The fraction of sp³-hybridized carbons (Fsp3) is 0.641. The molecule has 1 heterocycles. The van der Waals surface area contributed by atoms with Crippen LogP contribution in [-0.2, 0) is 54.6 Å². The summed E-state index contributed by atoms with van der Waals surface area (Å²) in [5.41, 5.74) is 3.04. The van der Waals surface area contributed by atoms with Gasteiger partial charge in [-0.05, 0) is 60.8 Å². The smallest absolute Gasteiger partial charge is 0.252 e. The Hall–Kier alpha value is -2.29. The summed E-state index contributed by atoms with van der Waals surface area (Å²) in [7, 11) is -1.73. The third kappa shape index (κ3) is 18.2. The zero-order chi connectivity index (χ0) is 41.5. The lowest BCUT2D eigenvalue weighted by Gasteiger charge is -2.33. The van der Waals surface area contributed by atoms with E-state index in [-0.39, 0.29) is 76.6 Å². The zero-order valence-electron chi connectivity index (χ0n) is 32.9. The summed E-state index contributed by atoms with van der Waals surface area (Å²) in [5, 5.41) is 23.7. The normalized spacial score (nSPS) is 15.6. The molecule has 0 aromatic heterocycles. The van der Waals surface area contributed by atoms with Crippen LogP contribution in [0.15, 0.2) is 41.3 Å². The van der Waals surface area contributed by atoms with Crippen molar-refractivity contribution in [3.63, 3.8) is 0 Å². The number of carbonyl (C=O) groups is 2. The Morgan fingerprint density at radius 1 is 0.789 bits per heavy atom. The second-order valence-corrected chi connectivity index (χ2v) is 16.1. The van der Waals surface area contributed by atoms with Crippen molar-refractivity contribution in [2.24, 2.45) is 0 Å². The Labute approximate surface area is 346 Å². The maximum Gasteiger partial charge on any atom is 0.252 e. The number of nitrogens with one attached hydrogen (secondary N) is 2. The van der Waals surface area contributed by atoms with E-state index in [1.807, 2.05) is 25.2 Å². The van der Waals surface area contributed by atoms with E-state index in [0.29, 0.717) is 49.4 Å². The van der Waals surface area contributed by atoms with Crippen LogP contribution in [0.2, 0.25) is 10.0 Å². The van der Waals surface area contributed by atoms with Crippen LogP contribution in [0.25, 0.3) is 0 Å². The second-order valence-electron chi connectivity index (χ2n) is 13.4. The number of benzene rings is 2. The number of aliphatic hydroxyl groups is 2. The minimum atomic E-state index is -3.74. The van der Waals surface area contributed by atoms with Gasteiger partial charge in [-0.2, -0.15) is 0 Å². The van der Waals surface area contributed by atoms with E-state index in [2.05, 4.69) is 21.9 Å². The molecule has 0 saturated carbocycles. The molecule has 322 valence electrons. The van der Waals surface area contributed by atoms with E-state index in [1.165, 1.54) is 0 Å². The number of sulfonamides is 1. The summed E-state index contributed by atoms with van der Waals surface area (Å²) in [5.74, 6) is -1.54. The quantitative estimate of drug-likeness (QED) is 0.0811. The second kappa shape index (κ2) is 27.5. The van der Waals surface area contributed by atoms with Gasteiger partial charge in [0.15, 0.2) is 11.9 Å². The number of rotatable bonds is 31. The number of carbonyl (C=O) groups excluding carboxylic acids is 2. The molecule has 18 heteroatoms. The van der Waals surface area contributed by atoms with E-state index in [4.69, 9.17) is 51.6 Å². The average Bonchev–Trinajstić information content (AvgIpc) is 3.19. The van der Waals surface area contributed by atoms with E-state index in [1.54, 1.807) is 18.2 Å². The van der Waals surface area contributed by atoms with Crippen molar-refractivity contribution in [2.45, 2.75) is 62.2 Å². The molecule has 3 atom stereocenters. The molecule has 0 radical (unpaired) electrons. The molecule has 57 heavy (non-hydrogen) atoms. The molecule has 4 N–H and O–H groups in total. The molecule has 0 aliphatic carbocycles. The van der Waals surface area contributed by atoms with Crippen LogP contribution in [0, 0.1) is 0 Å². The first-order chi connectivity index (χ1) is 27.4. The summed E-state index contributed by atoms with van der Waals surface area (Å²) in [6.45, 7) is 7.72. The lowest BCUT2D eigenvalue weighted by atomic mass is 9.85. The van der Waals surface area contributed by atoms with Crippen LogP contribution in [0.3, 0.4) is 0 Å². The number of amides is 1. The number of aliphatic hydroxyl groups excluding tert-OH is 2. The number of hydrogen-bond acceptors (Lipinski definition) is 13. The number of hydrogen-bond donors (Lipinski definition) is 4. The molecule has 0 saturated heterocycles. The van der Waals surface area contributed by atoms with E-state index < -0.39 is 33.9 Å². The highest BCUT2D eigenvalue weighted by Gasteiger charge is 2.30. The molecule has 0 fully saturated rings. The minimum Gasteiger partial charge on any atom is -0.382 e. The summed E-state index contributed by atoms with van der Waals surface area (Å²) < 4.78 is 60.7. The molecule has 2 unspecified atom stereocenters. The van der Waals surface area contributed by atoms with Gasteiger partial charge in [0.25, 0.3) is 5.91 Å². The van der Waals surface area contributed by atoms with Gasteiger partial charge < -0.3 is 48.9 Å². The largest absolute Gasteiger partial charge is 0.382 e. The van der Waals surface area contributed by atoms with Crippen molar-refractivity contribution < 1.29 is 56.6 Å². The summed E-state index contributed by atoms with van der Waals surface area (Å²) in [6, 6.07) is 10.5. The van der Waals surface area contributed by atoms with Crippen LogP contribution < -0.4 is 10.0 Å². The minimum absolute atomic E-state index is 0.000343. The van der Waals surface area contributed by atoms with Crippen LogP contribution in [0.1, 0.15) is 55.2 Å². The number of Topliss-reactive ketones (excluding diaryl/α,β-unsaturated/α-hetero) is 1. The fourth-order valence-electron chi connectivity index (χ4n) is 5.84. The standard InChI is InChI=1S/C39H59Cl2N3O12S/c1-3-4-13-51-17-21-55-22-18-52-14-5-6-36(45)37(46)38(47)39(48)42-11-15-53-19-23-56-24-20-54-16-12-43-57(49,50)31-9-7-29(8-10-31)33-27-44(2)28-34-32(33)25-30(40)26-35(34)41/h7-10,25-26,33,37-38,43,46-47H,3-6,11-24,27-28H2,1-2H3,(H,42,48)/t33-,37?,38?/m0/s1. The van der Waals surface area contributed by atoms with Crippen molar-refractivity contribution in [1.82, 2.24) is 14.9 Å². The van der Waals surface area contributed by atoms with Crippen molar-refractivity contribution in [3.8, 4) is 0 Å². The number of halogens is 2. The van der Waals surface area contributed by atoms with Gasteiger partial charge in [0.2, 0.25) is 10.0 Å². The fourth-order valence-corrected chi connectivity index (χ4v) is 7.42. The number of likely N-dealkylation sites (N-methyl/N-ethyl adjacent to an activating group) is 1. The van der Waals surface area contributed by atoms with Crippen molar-refractivity contribution >= 4 is 44.9 Å². The van der Waals surface area contributed by atoms with Crippen LogP contribution in [0.5, 0.6) is 0 Å². The lowest BCUT2D eigenvalue weighted by molar-refractivity contribution is -0.145. The van der Waals surface area contributed by atoms with Gasteiger partial charge in [-0.3, -0.25) is 9.59 Å². The zero-order valence-corrected chi connectivity index (χ0v) is 35.3. The van der Waals surface area contributed by atoms with Gasteiger partial charge in [-0.1, -0.05) is 48.7 Å². The molecule has 2 aromatic carbocycles. The molecular formula is C39H59Cl2N3O12S. The van der Waals surface area contributed by atoms with Crippen LogP contribution in [0.4, 0.5) is 0 Å². The first kappa shape index (κ1) is 49.1. The average molecular weight is 865 g/mol. The van der Waals surface area contributed by atoms with Crippen molar-refractivity contribution in [2.75, 3.05) is 106 Å². The predicted octanol–water partition coefficient (Wildman–Crippen LogP) is 2.94. The highest BCUT2D eigenvalue weighted by Crippen LogP contribution is 2.38. The number of ketones is 1. The Balaban J connectivity index is 1.16. The van der Waals surface area contributed by atoms with Crippen LogP contribution in [-0.4, -0.2) is 153 Å². The number of fused-ring (bicyclic) bond motifs is 1. The van der Waals surface area contributed by atoms with Gasteiger partial charge in [0.05, 0.1) is 71.0 Å². The Kier molecular flexibility index (Phi) is 23.6. The summed E-state index contributed by atoms with van der Waals surface area (Å²) in [6.07, 6.45) is -1.36. The molecule has 15 nitrogen and oxygen atoms in total. The SMILES string of the molecule is CCCCOCCOCCOCCCC(=O)C(O)C(O)C(=O)NCCOCCOCCOCCNS(=O)(=O)c1ccc([C@@H]2CN(C)Cc3c(Cl)cc(Cl)cc32)cc1. The maximum atomic E-state index is 12.9. The third-order valence-corrected chi connectivity index (χ3v) is 10.9. The first-order valence-electron chi connectivity index (χ1n) is 19.3. The van der Waals surface area contributed by atoms with E-state index in [9.17, 15) is 28.2 Å². The third-order valence-electron chi connectivity index (χ3n) is 8.91. The molecule has 0 bridgehead atoms. The van der Waals surface area contributed by atoms with Gasteiger partial charge in [-0.25, -0.2) is 13.1 Å². The first-order valence-corrected chi connectivity index (χ1v) is 21.6. The highest BCUT2D eigenvalue weighted by atomic mass is 35.5. The summed E-state index contributed by atoms with van der Waals surface area (Å²) >= 11 is 12.8. The maximum absolute atomic E-state index is 12.9. The number of unbranched alkanes of at least 4 members (excludes halogenated alkanes) is 1. The number of ether oxygens (including phenoxy) is 6. The van der Waals surface area contributed by atoms with Crippen LogP contribution >= 0.6 is 23.2 Å². The van der Waals surface area contributed by atoms with Gasteiger partial charge in [0, 0.05) is 61.8 Å². The lowest BCUT2D eigenvalue weighted by Crippen LogP contribution is -2.46. The van der Waals surface area contributed by atoms with Gasteiger partial charge in [0.1, 0.15) is 6.10 Å². The highest BCUT2D eigenvalue weighted by molar-refractivity contribution is 7.89. The molecule has 1 amide bonds. The predicted molar refractivity (Wildman–Crippen MR) is 215 cm³/mol. The van der Waals surface area contributed by atoms with Crippen molar-refractivity contribution in [1.29, 1.82) is 0 Å². The molecule has 1 aliphatic heterocycles. The molecule has 2 aromatic rings. The Morgan fingerprint density at radius 2 is 1.33 bits per heavy atom. The van der Waals surface area contributed by atoms with E-state index in [0.717, 1.165) is 42.7 Å². The monoisotopic (exact) mass is 863 g/mol. The Bertz CT molecular complexity index is 1590. The van der Waals surface area contributed by atoms with E-state index >= 15 is 0 Å². The molecule has 3 rings (SSSR count). The number of nitrogens with zero attached hydrogens (tertiary/aromatic N) is 1. The van der Waals surface area contributed by atoms with Gasteiger partial charge in [-0.15, -0.1) is 0 Å². The molecule has 1 aliphatic rings. The Morgan fingerprint density at radius 3 is 1.93 bits per heavy atom. The topological polar surface area (TPSA) is 191 Å². The molecule has 0 spiro atoms. The van der Waals surface area contributed by atoms with Crippen molar-refractivity contribution in [3.05, 3.63) is 63.1 Å².